The van der Waals surface area contributed by atoms with E-state index in [0.717, 1.165) is 25.7 Å². The zero-order valence-electron chi connectivity index (χ0n) is 15.8. The van der Waals surface area contributed by atoms with Crippen molar-refractivity contribution in [3.63, 3.8) is 0 Å². The second-order valence-electron chi connectivity index (χ2n) is 7.05. The minimum Gasteiger partial charge on any atom is -0.490 e. The van der Waals surface area contributed by atoms with E-state index in [-0.39, 0.29) is 31.6 Å². The van der Waals surface area contributed by atoms with Crippen LogP contribution >= 0.6 is 0 Å². The van der Waals surface area contributed by atoms with Crippen LogP contribution < -0.4 is 4.74 Å². The molecule has 2 N–H and O–H groups in total. The number of ketones is 1. The first-order chi connectivity index (χ1) is 13.0. The molecule has 150 valence electrons. The highest BCUT2D eigenvalue weighted by atomic mass is 16.6. The monoisotopic (exact) mass is 378 g/mol. The summed E-state index contributed by atoms with van der Waals surface area (Å²) in [5, 5.41) is 19.2. The lowest BCUT2D eigenvalue weighted by Gasteiger charge is -2.30. The second kappa shape index (κ2) is 11.0. The molecule has 0 aliphatic heterocycles. The SMILES string of the molecule is O=C(CCCCCO)OCCOc1ccc(C(=O)C2(O)CCCCC2)cc1. The van der Waals surface area contributed by atoms with E-state index in [1.54, 1.807) is 24.3 Å². The van der Waals surface area contributed by atoms with Gasteiger partial charge in [-0.1, -0.05) is 25.7 Å². The molecular formula is C21H30O6. The molecule has 0 atom stereocenters. The van der Waals surface area contributed by atoms with Gasteiger partial charge in [-0.2, -0.15) is 0 Å². The maximum Gasteiger partial charge on any atom is 0.305 e. The van der Waals surface area contributed by atoms with Gasteiger partial charge in [0, 0.05) is 18.6 Å². The Labute approximate surface area is 160 Å². The molecule has 27 heavy (non-hydrogen) atoms. The normalized spacial score (nSPS) is 15.9. The van der Waals surface area contributed by atoms with Crippen LogP contribution in [0, 0.1) is 0 Å². The lowest BCUT2D eigenvalue weighted by atomic mass is 9.79. The summed E-state index contributed by atoms with van der Waals surface area (Å²) in [5.74, 6) is 0.100. The van der Waals surface area contributed by atoms with Crippen molar-refractivity contribution in [2.45, 2.75) is 63.4 Å². The highest BCUT2D eigenvalue weighted by molar-refractivity contribution is 6.02. The van der Waals surface area contributed by atoms with E-state index in [1.807, 2.05) is 0 Å². The van der Waals surface area contributed by atoms with Crippen molar-refractivity contribution in [1.29, 1.82) is 0 Å². The van der Waals surface area contributed by atoms with Crippen LogP contribution in [-0.2, 0) is 9.53 Å². The number of hydrogen-bond acceptors (Lipinski definition) is 6. The van der Waals surface area contributed by atoms with E-state index >= 15 is 0 Å². The number of carbonyl (C=O) groups excluding carboxylic acids is 2. The summed E-state index contributed by atoms with van der Waals surface area (Å²) in [6.07, 6.45) is 6.43. The van der Waals surface area contributed by atoms with Crippen LogP contribution in [0.4, 0.5) is 0 Å². The van der Waals surface area contributed by atoms with Gasteiger partial charge in [-0.3, -0.25) is 9.59 Å². The summed E-state index contributed by atoms with van der Waals surface area (Å²) >= 11 is 0. The van der Waals surface area contributed by atoms with E-state index in [2.05, 4.69) is 0 Å². The second-order valence-corrected chi connectivity index (χ2v) is 7.05. The quantitative estimate of drug-likeness (QED) is 0.349. The average molecular weight is 378 g/mol. The Morgan fingerprint density at radius 1 is 0.963 bits per heavy atom. The van der Waals surface area contributed by atoms with Crippen LogP contribution in [0.3, 0.4) is 0 Å². The van der Waals surface area contributed by atoms with E-state index in [0.29, 0.717) is 43.4 Å². The number of carbonyl (C=O) groups is 2. The van der Waals surface area contributed by atoms with Gasteiger partial charge in [0.15, 0.2) is 5.78 Å². The largest absolute Gasteiger partial charge is 0.490 e. The Bertz CT molecular complexity index is 589. The maximum absolute atomic E-state index is 12.5. The van der Waals surface area contributed by atoms with Crippen LogP contribution in [0.25, 0.3) is 0 Å². The zero-order chi connectivity index (χ0) is 19.5. The summed E-state index contributed by atoms with van der Waals surface area (Å²) in [6, 6.07) is 6.71. The first-order valence-electron chi connectivity index (χ1n) is 9.82. The van der Waals surface area contributed by atoms with Gasteiger partial charge in [0.1, 0.15) is 24.6 Å². The topological polar surface area (TPSA) is 93.1 Å². The minimum absolute atomic E-state index is 0.145. The number of benzene rings is 1. The van der Waals surface area contributed by atoms with Gasteiger partial charge in [-0.05, 0) is 49.9 Å². The lowest BCUT2D eigenvalue weighted by Crippen LogP contribution is -2.40. The third kappa shape index (κ3) is 6.96. The fraction of sp³-hybridized carbons (Fsp3) is 0.619. The van der Waals surface area contributed by atoms with Crippen molar-refractivity contribution in [3.05, 3.63) is 29.8 Å². The van der Waals surface area contributed by atoms with Crippen LogP contribution in [0.5, 0.6) is 5.75 Å². The van der Waals surface area contributed by atoms with Crippen molar-refractivity contribution < 1.29 is 29.3 Å². The predicted molar refractivity (Wildman–Crippen MR) is 101 cm³/mol. The molecule has 1 fully saturated rings. The molecule has 0 amide bonds. The Morgan fingerprint density at radius 3 is 2.33 bits per heavy atom. The maximum atomic E-state index is 12.5. The summed E-state index contributed by atoms with van der Waals surface area (Å²) < 4.78 is 10.6. The van der Waals surface area contributed by atoms with Gasteiger partial charge in [0.05, 0.1) is 0 Å². The van der Waals surface area contributed by atoms with Gasteiger partial charge in [-0.15, -0.1) is 0 Å². The standard InChI is InChI=1S/C21H30O6/c22-14-6-1-3-7-19(23)27-16-15-26-18-10-8-17(9-11-18)20(24)21(25)12-4-2-5-13-21/h8-11,22,25H,1-7,12-16H2. The minimum atomic E-state index is -1.23. The molecule has 1 saturated carbocycles. The van der Waals surface area contributed by atoms with E-state index in [9.17, 15) is 14.7 Å². The molecule has 0 spiro atoms. The number of ether oxygens (including phenoxy) is 2. The number of unbranched alkanes of at least 4 members (excludes halogenated alkanes) is 2. The van der Waals surface area contributed by atoms with Crippen molar-refractivity contribution in [3.8, 4) is 5.75 Å². The number of Topliss-reactive ketones (excluding diaryl/α,β-unsaturated/α-hetero) is 1. The van der Waals surface area contributed by atoms with Crippen molar-refractivity contribution in [2.24, 2.45) is 0 Å². The van der Waals surface area contributed by atoms with E-state index in [4.69, 9.17) is 14.6 Å². The molecule has 6 heteroatoms. The molecular weight excluding hydrogens is 348 g/mol. The molecule has 1 aromatic carbocycles. The number of rotatable bonds is 11. The predicted octanol–water partition coefficient (Wildman–Crippen LogP) is 3.04. The van der Waals surface area contributed by atoms with Crippen LogP contribution in [-0.4, -0.2) is 47.4 Å². The Hall–Kier alpha value is -1.92. The zero-order valence-corrected chi connectivity index (χ0v) is 15.8. The van der Waals surface area contributed by atoms with Crippen LogP contribution in [0.1, 0.15) is 68.1 Å². The smallest absolute Gasteiger partial charge is 0.305 e. The molecule has 1 aliphatic rings. The van der Waals surface area contributed by atoms with Gasteiger partial charge in [-0.25, -0.2) is 0 Å². The Balaban J connectivity index is 1.69. The van der Waals surface area contributed by atoms with E-state index < -0.39 is 5.60 Å². The lowest BCUT2D eigenvalue weighted by molar-refractivity contribution is -0.144. The molecule has 0 saturated heterocycles. The fourth-order valence-electron chi connectivity index (χ4n) is 3.28. The molecule has 0 bridgehead atoms. The van der Waals surface area contributed by atoms with Crippen molar-refractivity contribution in [2.75, 3.05) is 19.8 Å². The summed E-state index contributed by atoms with van der Waals surface area (Å²) in [5.41, 5.74) is -0.743. The summed E-state index contributed by atoms with van der Waals surface area (Å²) in [7, 11) is 0. The highest BCUT2D eigenvalue weighted by Crippen LogP contribution is 2.31. The van der Waals surface area contributed by atoms with Crippen LogP contribution in [0.2, 0.25) is 0 Å². The molecule has 0 aromatic heterocycles. The molecule has 0 unspecified atom stereocenters. The van der Waals surface area contributed by atoms with E-state index in [1.165, 1.54) is 0 Å². The molecule has 0 heterocycles. The number of esters is 1. The molecule has 2 rings (SSSR count). The third-order valence-corrected chi connectivity index (χ3v) is 4.87. The Morgan fingerprint density at radius 2 is 1.67 bits per heavy atom. The van der Waals surface area contributed by atoms with Gasteiger partial charge in [0.2, 0.25) is 0 Å². The first-order valence-corrected chi connectivity index (χ1v) is 9.82. The Kier molecular flexibility index (Phi) is 8.75. The van der Waals surface area contributed by atoms with Crippen LogP contribution in [0.15, 0.2) is 24.3 Å². The molecule has 1 aliphatic carbocycles. The molecule has 0 radical (unpaired) electrons. The highest BCUT2D eigenvalue weighted by Gasteiger charge is 2.37. The number of hydrogen-bond donors (Lipinski definition) is 2. The number of aliphatic hydroxyl groups excluding tert-OH is 1. The molecule has 1 aromatic rings. The third-order valence-electron chi connectivity index (χ3n) is 4.87. The summed E-state index contributed by atoms with van der Waals surface area (Å²) in [4.78, 5) is 24.0. The average Bonchev–Trinajstić information content (AvgIpc) is 2.69. The summed E-state index contributed by atoms with van der Waals surface area (Å²) in [6.45, 7) is 0.547. The van der Waals surface area contributed by atoms with Gasteiger partial charge < -0.3 is 19.7 Å². The molecule has 6 nitrogen and oxygen atoms in total. The van der Waals surface area contributed by atoms with Gasteiger partial charge >= 0.3 is 5.97 Å². The van der Waals surface area contributed by atoms with Crippen molar-refractivity contribution >= 4 is 11.8 Å². The fourth-order valence-corrected chi connectivity index (χ4v) is 3.28. The van der Waals surface area contributed by atoms with Gasteiger partial charge in [0.25, 0.3) is 0 Å². The first kappa shape index (κ1) is 21.4. The number of aliphatic hydroxyl groups is 2. The van der Waals surface area contributed by atoms with Crippen molar-refractivity contribution in [1.82, 2.24) is 0 Å².